The molecule has 18 heavy (non-hydrogen) atoms. The van der Waals surface area contributed by atoms with E-state index in [4.69, 9.17) is 4.74 Å². The lowest BCUT2D eigenvalue weighted by atomic mass is 10.2. The van der Waals surface area contributed by atoms with Crippen molar-refractivity contribution in [2.24, 2.45) is 0 Å². The number of nitrogens with zero attached hydrogens (tertiary/aromatic N) is 1. The highest BCUT2D eigenvalue weighted by atomic mass is 79.9. The number of likely N-dealkylation sites (N-methyl/N-ethyl adjacent to an activating group) is 1. The molecule has 0 saturated carbocycles. The van der Waals surface area contributed by atoms with Crippen LogP contribution >= 0.6 is 15.9 Å². The van der Waals surface area contributed by atoms with Gasteiger partial charge >= 0.3 is 0 Å². The Labute approximate surface area is 115 Å². The molecule has 3 nitrogen and oxygen atoms in total. The molecule has 1 aromatic rings. The molecule has 0 aliphatic carbocycles. The van der Waals surface area contributed by atoms with Gasteiger partial charge in [-0.1, -0.05) is 15.9 Å². The molecule has 0 aromatic heterocycles. The Bertz CT molecular complexity index is 382. The summed E-state index contributed by atoms with van der Waals surface area (Å²) in [7, 11) is 2.10. The zero-order valence-corrected chi connectivity index (χ0v) is 12.0. The maximum absolute atomic E-state index is 13.2. The summed E-state index contributed by atoms with van der Waals surface area (Å²) in [6.45, 7) is 4.17. The van der Waals surface area contributed by atoms with Crippen LogP contribution in [0.2, 0.25) is 0 Å². The first-order chi connectivity index (χ1) is 8.63. The Morgan fingerprint density at radius 2 is 2.33 bits per heavy atom. The minimum absolute atomic E-state index is 0.213. The Balaban J connectivity index is 1.77. The predicted molar refractivity (Wildman–Crippen MR) is 73.0 cm³/mol. The molecule has 1 N–H and O–H groups in total. The molecule has 100 valence electrons. The molecule has 1 aliphatic rings. The lowest BCUT2D eigenvalue weighted by molar-refractivity contribution is -0.0182. The SMILES string of the molecule is CN1CCOC(CNCc2cc(F)cc(Br)c2)C1. The number of nitrogens with one attached hydrogen (secondary N) is 1. The first-order valence-electron chi connectivity index (χ1n) is 6.09. The van der Waals surface area contributed by atoms with Gasteiger partial charge in [-0.2, -0.15) is 0 Å². The number of ether oxygens (including phenoxy) is 1. The van der Waals surface area contributed by atoms with Crippen molar-refractivity contribution in [1.82, 2.24) is 10.2 Å². The zero-order chi connectivity index (χ0) is 13.0. The van der Waals surface area contributed by atoms with Crippen molar-refractivity contribution in [3.8, 4) is 0 Å². The fraction of sp³-hybridized carbons (Fsp3) is 0.538. The molecule has 1 atom stereocenters. The van der Waals surface area contributed by atoms with E-state index in [-0.39, 0.29) is 11.9 Å². The lowest BCUT2D eigenvalue weighted by Gasteiger charge is -2.30. The van der Waals surface area contributed by atoms with Crippen molar-refractivity contribution in [1.29, 1.82) is 0 Å². The van der Waals surface area contributed by atoms with E-state index in [1.54, 1.807) is 6.07 Å². The van der Waals surface area contributed by atoms with Gasteiger partial charge in [-0.05, 0) is 30.8 Å². The van der Waals surface area contributed by atoms with Gasteiger partial charge in [-0.3, -0.25) is 0 Å². The number of morpholine rings is 1. The van der Waals surface area contributed by atoms with Crippen LogP contribution in [0.25, 0.3) is 0 Å². The smallest absolute Gasteiger partial charge is 0.124 e. The van der Waals surface area contributed by atoms with Crippen LogP contribution in [0.5, 0.6) is 0 Å². The third-order valence-electron chi connectivity index (χ3n) is 2.97. The van der Waals surface area contributed by atoms with E-state index in [2.05, 4.69) is 33.2 Å². The molecule has 1 aliphatic heterocycles. The summed E-state index contributed by atoms with van der Waals surface area (Å²) < 4.78 is 19.6. The average Bonchev–Trinajstić information content (AvgIpc) is 2.27. The zero-order valence-electron chi connectivity index (χ0n) is 10.5. The summed E-state index contributed by atoms with van der Waals surface area (Å²) in [5, 5.41) is 3.31. The van der Waals surface area contributed by atoms with Crippen molar-refractivity contribution in [3.05, 3.63) is 34.1 Å². The van der Waals surface area contributed by atoms with Gasteiger partial charge in [-0.15, -0.1) is 0 Å². The lowest BCUT2D eigenvalue weighted by Crippen LogP contribution is -2.44. The first-order valence-corrected chi connectivity index (χ1v) is 6.88. The molecule has 1 saturated heterocycles. The van der Waals surface area contributed by atoms with Crippen molar-refractivity contribution < 1.29 is 9.13 Å². The summed E-state index contributed by atoms with van der Waals surface area (Å²) in [6.07, 6.45) is 0.223. The number of rotatable bonds is 4. The summed E-state index contributed by atoms with van der Waals surface area (Å²) in [5.74, 6) is -0.213. The van der Waals surface area contributed by atoms with Crippen molar-refractivity contribution >= 4 is 15.9 Å². The van der Waals surface area contributed by atoms with E-state index < -0.39 is 0 Å². The van der Waals surface area contributed by atoms with Crippen molar-refractivity contribution in [2.45, 2.75) is 12.6 Å². The number of benzene rings is 1. The molecule has 0 spiro atoms. The fourth-order valence-corrected chi connectivity index (χ4v) is 2.59. The van der Waals surface area contributed by atoms with Crippen LogP contribution in [-0.2, 0) is 11.3 Å². The third-order valence-corrected chi connectivity index (χ3v) is 3.42. The highest BCUT2D eigenvalue weighted by Crippen LogP contribution is 2.14. The number of hydrogen-bond donors (Lipinski definition) is 1. The van der Waals surface area contributed by atoms with Gasteiger partial charge in [0.2, 0.25) is 0 Å². The van der Waals surface area contributed by atoms with Crippen LogP contribution in [0, 0.1) is 5.82 Å². The van der Waals surface area contributed by atoms with E-state index in [0.717, 1.165) is 36.3 Å². The van der Waals surface area contributed by atoms with Crippen molar-refractivity contribution in [3.63, 3.8) is 0 Å². The second kappa shape index (κ2) is 6.61. The average molecular weight is 317 g/mol. The molecule has 0 radical (unpaired) electrons. The quantitative estimate of drug-likeness (QED) is 0.919. The summed E-state index contributed by atoms with van der Waals surface area (Å²) >= 11 is 3.29. The molecule has 0 bridgehead atoms. The second-order valence-corrected chi connectivity index (χ2v) is 5.58. The molecular weight excluding hydrogens is 299 g/mol. The summed E-state index contributed by atoms with van der Waals surface area (Å²) in [4.78, 5) is 2.26. The van der Waals surface area contributed by atoms with E-state index in [1.165, 1.54) is 6.07 Å². The summed E-state index contributed by atoms with van der Waals surface area (Å²) in [5.41, 5.74) is 0.936. The second-order valence-electron chi connectivity index (χ2n) is 4.66. The number of halogens is 2. The molecule has 2 rings (SSSR count). The maximum Gasteiger partial charge on any atom is 0.124 e. The fourth-order valence-electron chi connectivity index (χ4n) is 2.08. The Hall–Kier alpha value is -0.490. The minimum atomic E-state index is -0.213. The molecule has 1 unspecified atom stereocenters. The van der Waals surface area contributed by atoms with Gasteiger partial charge < -0.3 is 15.0 Å². The first kappa shape index (κ1) is 13.9. The molecule has 1 heterocycles. The van der Waals surface area contributed by atoms with Gasteiger partial charge in [0, 0.05) is 30.7 Å². The van der Waals surface area contributed by atoms with Crippen LogP contribution in [0.1, 0.15) is 5.56 Å². The third kappa shape index (κ3) is 4.31. The molecule has 1 aromatic carbocycles. The molecule has 1 fully saturated rings. The van der Waals surface area contributed by atoms with Gasteiger partial charge in [0.1, 0.15) is 5.82 Å². The standard InChI is InChI=1S/C13H18BrFN2O/c1-17-2-3-18-13(9-17)8-16-7-10-4-11(14)6-12(15)5-10/h4-6,13,16H,2-3,7-9H2,1H3. The molecule has 5 heteroatoms. The molecular formula is C13H18BrFN2O. The Kier molecular flexibility index (Phi) is 5.12. The van der Waals surface area contributed by atoms with E-state index in [1.807, 2.05) is 6.07 Å². The highest BCUT2D eigenvalue weighted by Gasteiger charge is 2.16. The van der Waals surface area contributed by atoms with Gasteiger partial charge in [-0.25, -0.2) is 4.39 Å². The van der Waals surface area contributed by atoms with Gasteiger partial charge in [0.05, 0.1) is 12.7 Å². The van der Waals surface area contributed by atoms with Crippen LogP contribution in [0.3, 0.4) is 0 Å². The van der Waals surface area contributed by atoms with Gasteiger partial charge in [0.15, 0.2) is 0 Å². The highest BCUT2D eigenvalue weighted by molar-refractivity contribution is 9.10. The van der Waals surface area contributed by atoms with Crippen LogP contribution in [0.15, 0.2) is 22.7 Å². The maximum atomic E-state index is 13.2. The van der Waals surface area contributed by atoms with E-state index in [0.29, 0.717) is 6.54 Å². The largest absolute Gasteiger partial charge is 0.374 e. The summed E-state index contributed by atoms with van der Waals surface area (Å²) in [6, 6.07) is 4.93. The Morgan fingerprint density at radius 1 is 1.50 bits per heavy atom. The van der Waals surface area contributed by atoms with Crippen LogP contribution in [0.4, 0.5) is 4.39 Å². The number of hydrogen-bond acceptors (Lipinski definition) is 3. The normalized spacial score (nSPS) is 21.2. The van der Waals surface area contributed by atoms with E-state index >= 15 is 0 Å². The van der Waals surface area contributed by atoms with Gasteiger partial charge in [0.25, 0.3) is 0 Å². The minimum Gasteiger partial charge on any atom is -0.374 e. The molecule has 0 amide bonds. The van der Waals surface area contributed by atoms with Crippen molar-refractivity contribution in [2.75, 3.05) is 33.3 Å². The van der Waals surface area contributed by atoms with Crippen LogP contribution < -0.4 is 5.32 Å². The topological polar surface area (TPSA) is 24.5 Å². The monoisotopic (exact) mass is 316 g/mol. The van der Waals surface area contributed by atoms with E-state index in [9.17, 15) is 4.39 Å². The predicted octanol–water partition coefficient (Wildman–Crippen LogP) is 2.01. The van der Waals surface area contributed by atoms with Crippen LogP contribution in [-0.4, -0.2) is 44.3 Å². The Morgan fingerprint density at radius 3 is 3.06 bits per heavy atom.